The molecule has 0 spiro atoms. The van der Waals surface area contributed by atoms with Gasteiger partial charge in [-0.3, -0.25) is 4.52 Å². The van der Waals surface area contributed by atoms with E-state index in [1.807, 2.05) is 0 Å². The molecule has 7 heteroatoms. The SMILES string of the molecule is COOP(=O)(O)OCC#N. The maximum absolute atomic E-state index is 10.4. The molecule has 0 aliphatic heterocycles. The highest BCUT2D eigenvalue weighted by Crippen LogP contribution is 2.42. The summed E-state index contributed by atoms with van der Waals surface area (Å²) in [6.45, 7) is -0.517. The van der Waals surface area contributed by atoms with Crippen molar-refractivity contribution in [2.24, 2.45) is 0 Å². The zero-order valence-corrected chi connectivity index (χ0v) is 6.08. The number of rotatable bonds is 4. The van der Waals surface area contributed by atoms with Crippen molar-refractivity contribution in [1.82, 2.24) is 0 Å². The third kappa shape index (κ3) is 4.44. The molecule has 0 aliphatic rings. The fourth-order valence-electron chi connectivity index (χ4n) is 0.226. The van der Waals surface area contributed by atoms with Gasteiger partial charge in [0.05, 0.1) is 13.2 Å². The van der Waals surface area contributed by atoms with Crippen LogP contribution in [0.3, 0.4) is 0 Å². The van der Waals surface area contributed by atoms with E-state index in [1.165, 1.54) is 6.07 Å². The molecule has 0 saturated heterocycles. The summed E-state index contributed by atoms with van der Waals surface area (Å²) in [4.78, 5) is 12.3. The van der Waals surface area contributed by atoms with Crippen molar-refractivity contribution in [2.75, 3.05) is 13.7 Å². The molecule has 1 unspecified atom stereocenters. The van der Waals surface area contributed by atoms with Gasteiger partial charge >= 0.3 is 7.82 Å². The molecule has 58 valence electrons. The van der Waals surface area contributed by atoms with Gasteiger partial charge in [-0.15, -0.1) is 4.67 Å². The van der Waals surface area contributed by atoms with Crippen molar-refractivity contribution in [1.29, 1.82) is 5.26 Å². The van der Waals surface area contributed by atoms with Crippen molar-refractivity contribution >= 4 is 7.82 Å². The van der Waals surface area contributed by atoms with Crippen LogP contribution in [0.25, 0.3) is 0 Å². The number of nitrogens with zero attached hydrogens (tertiary/aromatic N) is 1. The molecule has 1 atom stereocenters. The first-order valence-electron chi connectivity index (χ1n) is 2.19. The first kappa shape index (κ1) is 9.56. The minimum Gasteiger partial charge on any atom is -0.301 e. The summed E-state index contributed by atoms with van der Waals surface area (Å²) in [7, 11) is -3.10. The molecule has 0 rings (SSSR count). The summed E-state index contributed by atoms with van der Waals surface area (Å²) in [5, 5.41) is 7.89. The van der Waals surface area contributed by atoms with Crippen LogP contribution < -0.4 is 0 Å². The van der Waals surface area contributed by atoms with Gasteiger partial charge in [-0.1, -0.05) is 0 Å². The van der Waals surface area contributed by atoms with Gasteiger partial charge in [0.1, 0.15) is 6.61 Å². The lowest BCUT2D eigenvalue weighted by atomic mass is 10.9. The molecule has 0 bridgehead atoms. The van der Waals surface area contributed by atoms with Gasteiger partial charge in [-0.25, -0.2) is 9.45 Å². The molecule has 0 aromatic heterocycles. The maximum atomic E-state index is 10.4. The van der Waals surface area contributed by atoms with Gasteiger partial charge < -0.3 is 4.89 Å². The van der Waals surface area contributed by atoms with E-state index in [2.05, 4.69) is 14.1 Å². The quantitative estimate of drug-likeness (QED) is 0.365. The van der Waals surface area contributed by atoms with Crippen LogP contribution in [0.2, 0.25) is 0 Å². The number of phosphoric ester groups is 1. The molecule has 0 aliphatic carbocycles. The van der Waals surface area contributed by atoms with Gasteiger partial charge in [0.15, 0.2) is 0 Å². The fourth-order valence-corrected chi connectivity index (χ4v) is 0.678. The van der Waals surface area contributed by atoms with E-state index < -0.39 is 14.4 Å². The second-order valence-corrected chi connectivity index (χ2v) is 2.49. The number of hydrogen-bond acceptors (Lipinski definition) is 5. The Morgan fingerprint density at radius 2 is 2.40 bits per heavy atom. The van der Waals surface area contributed by atoms with Crippen molar-refractivity contribution in [2.45, 2.75) is 0 Å². The highest BCUT2D eigenvalue weighted by Gasteiger charge is 2.21. The molecule has 0 radical (unpaired) electrons. The molecule has 0 amide bonds. The molecule has 0 aromatic carbocycles. The van der Waals surface area contributed by atoms with Crippen LogP contribution in [0.1, 0.15) is 0 Å². The molecule has 0 fully saturated rings. The van der Waals surface area contributed by atoms with Crippen LogP contribution in [0.15, 0.2) is 0 Å². The summed E-state index contributed by atoms with van der Waals surface area (Å²) in [6.07, 6.45) is 0. The molecule has 0 saturated carbocycles. The van der Waals surface area contributed by atoms with Crippen LogP contribution >= 0.6 is 7.82 Å². The summed E-state index contributed by atoms with van der Waals surface area (Å²) in [5.74, 6) is 0. The normalized spacial score (nSPS) is 15.7. The summed E-state index contributed by atoms with van der Waals surface area (Å²) in [5.41, 5.74) is 0. The van der Waals surface area contributed by atoms with Crippen molar-refractivity contribution in [3.8, 4) is 6.07 Å². The monoisotopic (exact) mass is 167 g/mol. The Hall–Kier alpha value is -0.440. The second kappa shape index (κ2) is 4.39. The maximum Gasteiger partial charge on any atom is 0.500 e. The Bertz CT molecular complexity index is 174. The standard InChI is InChI=1S/C3H6NO5P/c1-7-9-10(5,6)8-3-2-4/h3H2,1H3,(H,5,6). The zero-order valence-electron chi connectivity index (χ0n) is 5.18. The lowest BCUT2D eigenvalue weighted by Gasteiger charge is -2.04. The topological polar surface area (TPSA) is 88.8 Å². The molecule has 1 N–H and O–H groups in total. The first-order valence-corrected chi connectivity index (χ1v) is 3.68. The van der Waals surface area contributed by atoms with Crippen LogP contribution in [-0.4, -0.2) is 18.6 Å². The Kier molecular flexibility index (Phi) is 4.19. The lowest BCUT2D eigenvalue weighted by Crippen LogP contribution is -1.93. The second-order valence-electron chi connectivity index (χ2n) is 1.14. The molecule has 10 heavy (non-hydrogen) atoms. The highest BCUT2D eigenvalue weighted by atomic mass is 31.2. The average Bonchev–Trinajstić information content (AvgIpc) is 1.84. The Morgan fingerprint density at radius 1 is 1.80 bits per heavy atom. The van der Waals surface area contributed by atoms with Gasteiger partial charge in [0, 0.05) is 0 Å². The molecule has 6 nitrogen and oxygen atoms in total. The van der Waals surface area contributed by atoms with Gasteiger partial charge in [0.25, 0.3) is 0 Å². The van der Waals surface area contributed by atoms with E-state index in [0.717, 1.165) is 7.11 Å². The van der Waals surface area contributed by atoms with E-state index in [0.29, 0.717) is 0 Å². The minimum absolute atomic E-state index is 0.517. The Morgan fingerprint density at radius 3 is 2.80 bits per heavy atom. The van der Waals surface area contributed by atoms with Crippen molar-refractivity contribution in [3.63, 3.8) is 0 Å². The van der Waals surface area contributed by atoms with Crippen LogP contribution in [0, 0.1) is 11.3 Å². The smallest absolute Gasteiger partial charge is 0.301 e. The van der Waals surface area contributed by atoms with Gasteiger partial charge in [-0.2, -0.15) is 5.26 Å². The predicted octanol–water partition coefficient (Wildman–Crippen LogP) is 0.205. The number of hydrogen-bond donors (Lipinski definition) is 1. The lowest BCUT2D eigenvalue weighted by molar-refractivity contribution is -0.197. The summed E-state index contributed by atoms with van der Waals surface area (Å²) >= 11 is 0. The van der Waals surface area contributed by atoms with Crippen molar-refractivity contribution < 1.29 is 23.5 Å². The van der Waals surface area contributed by atoms with Crippen LogP contribution in [0.4, 0.5) is 0 Å². The summed E-state index contributed by atoms with van der Waals surface area (Å²) < 4.78 is 18.2. The number of phosphoric acid groups is 1. The molecule has 0 aromatic rings. The summed E-state index contributed by atoms with van der Waals surface area (Å²) in [6, 6.07) is 1.49. The predicted molar refractivity (Wildman–Crippen MR) is 29.5 cm³/mol. The van der Waals surface area contributed by atoms with Gasteiger partial charge in [-0.05, 0) is 0 Å². The van der Waals surface area contributed by atoms with Crippen LogP contribution in [0.5, 0.6) is 0 Å². The molecular formula is C3H6NO5P. The molecule has 0 heterocycles. The van der Waals surface area contributed by atoms with E-state index in [-0.39, 0.29) is 0 Å². The van der Waals surface area contributed by atoms with Crippen LogP contribution in [-0.2, 0) is 18.7 Å². The average molecular weight is 167 g/mol. The Labute approximate surface area is 57.5 Å². The third-order valence-corrected chi connectivity index (χ3v) is 1.25. The first-order chi connectivity index (χ1) is 4.62. The van der Waals surface area contributed by atoms with E-state index in [9.17, 15) is 4.57 Å². The highest BCUT2D eigenvalue weighted by molar-refractivity contribution is 7.47. The number of nitriles is 1. The largest absolute Gasteiger partial charge is 0.500 e. The van der Waals surface area contributed by atoms with Gasteiger partial charge in [0.2, 0.25) is 0 Å². The Balaban J connectivity index is 3.67. The third-order valence-electron chi connectivity index (χ3n) is 0.461. The van der Waals surface area contributed by atoms with Crippen molar-refractivity contribution in [3.05, 3.63) is 0 Å². The molecular weight excluding hydrogens is 161 g/mol. The van der Waals surface area contributed by atoms with E-state index in [1.54, 1.807) is 0 Å². The minimum atomic E-state index is -4.15. The fraction of sp³-hybridized carbons (Fsp3) is 0.667. The van der Waals surface area contributed by atoms with E-state index >= 15 is 0 Å². The van der Waals surface area contributed by atoms with E-state index in [4.69, 9.17) is 10.2 Å². The zero-order chi connectivity index (χ0) is 8.04.